The fourth-order valence-corrected chi connectivity index (χ4v) is 3.77. The maximum Gasteiger partial charge on any atom is 0.227 e. The molecule has 3 aromatic rings. The molecule has 6 nitrogen and oxygen atoms in total. The third kappa shape index (κ3) is 4.06. The van der Waals surface area contributed by atoms with Gasteiger partial charge < -0.3 is 15.2 Å². The van der Waals surface area contributed by atoms with Gasteiger partial charge >= 0.3 is 0 Å². The molecule has 0 aliphatic carbocycles. The summed E-state index contributed by atoms with van der Waals surface area (Å²) in [5, 5.41) is 4.06. The molecule has 1 saturated heterocycles. The first kappa shape index (κ1) is 18.2. The molecule has 2 N–H and O–H groups in total. The third-order valence-corrected chi connectivity index (χ3v) is 5.40. The molecule has 2 amide bonds. The van der Waals surface area contributed by atoms with Crippen LogP contribution in [0.15, 0.2) is 54.9 Å². The van der Waals surface area contributed by atoms with E-state index in [4.69, 9.17) is 0 Å². The Kier molecular flexibility index (Phi) is 5.37. The van der Waals surface area contributed by atoms with E-state index in [-0.39, 0.29) is 17.7 Å². The number of pyridine rings is 1. The van der Waals surface area contributed by atoms with Gasteiger partial charge in [-0.05, 0) is 36.6 Å². The maximum absolute atomic E-state index is 12.7. The first-order valence-electron chi connectivity index (χ1n) is 9.71. The molecular weight excluding hydrogens is 352 g/mol. The highest BCUT2D eigenvalue weighted by Gasteiger charge is 2.27. The summed E-state index contributed by atoms with van der Waals surface area (Å²) in [6.07, 6.45) is 5.43. The monoisotopic (exact) mass is 376 g/mol. The summed E-state index contributed by atoms with van der Waals surface area (Å²) < 4.78 is 0. The molecule has 1 fully saturated rings. The Labute approximate surface area is 164 Å². The van der Waals surface area contributed by atoms with Crippen LogP contribution in [0, 0.1) is 5.92 Å². The van der Waals surface area contributed by atoms with Gasteiger partial charge in [0, 0.05) is 42.3 Å². The van der Waals surface area contributed by atoms with E-state index in [1.54, 1.807) is 6.20 Å². The second kappa shape index (κ2) is 8.25. The van der Waals surface area contributed by atoms with Crippen molar-refractivity contribution in [3.63, 3.8) is 0 Å². The molecule has 0 radical (unpaired) electrons. The minimum atomic E-state index is -0.0409. The lowest BCUT2D eigenvalue weighted by Crippen LogP contribution is -2.43. The Bertz CT molecular complexity index is 959. The number of aromatic amines is 1. The van der Waals surface area contributed by atoms with Crippen LogP contribution in [-0.2, 0) is 22.6 Å². The number of carbonyl (C=O) groups is 2. The molecule has 0 bridgehead atoms. The third-order valence-electron chi connectivity index (χ3n) is 5.40. The van der Waals surface area contributed by atoms with Crippen molar-refractivity contribution >= 4 is 22.7 Å². The fourth-order valence-electron chi connectivity index (χ4n) is 3.77. The zero-order valence-electron chi connectivity index (χ0n) is 15.7. The zero-order chi connectivity index (χ0) is 19.3. The highest BCUT2D eigenvalue weighted by atomic mass is 16.2. The van der Waals surface area contributed by atoms with Gasteiger partial charge in [0.2, 0.25) is 11.8 Å². The summed E-state index contributed by atoms with van der Waals surface area (Å²) in [6, 6.07) is 13.7. The largest absolute Gasteiger partial charge is 0.361 e. The van der Waals surface area contributed by atoms with Crippen molar-refractivity contribution in [2.24, 2.45) is 5.92 Å². The number of hydrogen-bond acceptors (Lipinski definition) is 3. The number of nitrogens with one attached hydrogen (secondary N) is 2. The van der Waals surface area contributed by atoms with E-state index in [1.807, 2.05) is 53.6 Å². The fraction of sp³-hybridized carbons (Fsp3) is 0.318. The lowest BCUT2D eigenvalue weighted by molar-refractivity contribution is -0.135. The summed E-state index contributed by atoms with van der Waals surface area (Å²) in [5.41, 5.74) is 2.92. The molecule has 144 valence electrons. The molecule has 0 unspecified atom stereocenters. The number of hydrogen-bond donors (Lipinski definition) is 2. The van der Waals surface area contributed by atoms with Crippen molar-refractivity contribution in [3.05, 3.63) is 66.1 Å². The molecule has 1 aromatic carbocycles. The van der Waals surface area contributed by atoms with Gasteiger partial charge in [0.1, 0.15) is 0 Å². The normalized spacial score (nSPS) is 14.9. The van der Waals surface area contributed by atoms with Crippen LogP contribution in [0.2, 0.25) is 0 Å². The minimum Gasteiger partial charge on any atom is -0.361 e. The zero-order valence-corrected chi connectivity index (χ0v) is 15.7. The van der Waals surface area contributed by atoms with Crippen LogP contribution in [0.4, 0.5) is 0 Å². The topological polar surface area (TPSA) is 78.1 Å². The highest BCUT2D eigenvalue weighted by molar-refractivity contribution is 5.89. The number of para-hydroxylation sites is 1. The van der Waals surface area contributed by atoms with Crippen LogP contribution < -0.4 is 5.32 Å². The van der Waals surface area contributed by atoms with Crippen molar-refractivity contribution in [1.82, 2.24) is 20.2 Å². The number of benzene rings is 1. The van der Waals surface area contributed by atoms with Gasteiger partial charge in [0.05, 0.1) is 18.7 Å². The van der Waals surface area contributed by atoms with E-state index in [1.165, 1.54) is 0 Å². The average Bonchev–Trinajstić information content (AvgIpc) is 3.16. The van der Waals surface area contributed by atoms with Crippen LogP contribution in [0.3, 0.4) is 0 Å². The predicted octanol–water partition coefficient (Wildman–Crippen LogP) is 2.66. The molecule has 0 saturated carbocycles. The Morgan fingerprint density at radius 3 is 2.68 bits per heavy atom. The molecule has 4 rings (SSSR count). The number of likely N-dealkylation sites (tertiary alicyclic amines) is 1. The Hall–Kier alpha value is -3.15. The van der Waals surface area contributed by atoms with Gasteiger partial charge in [-0.25, -0.2) is 0 Å². The highest BCUT2D eigenvalue weighted by Crippen LogP contribution is 2.21. The van der Waals surface area contributed by atoms with Crippen LogP contribution in [0.1, 0.15) is 24.1 Å². The molecular formula is C22H24N4O2. The molecule has 6 heteroatoms. The average molecular weight is 376 g/mol. The first-order valence-corrected chi connectivity index (χ1v) is 9.71. The first-order chi connectivity index (χ1) is 13.7. The van der Waals surface area contributed by atoms with Gasteiger partial charge in [-0.3, -0.25) is 14.6 Å². The standard InChI is InChI=1S/C22H24N4O2/c27-21(13-17-14-24-20-7-2-1-6-19(17)20)26-11-8-16(9-12-26)22(28)25-15-18-5-3-4-10-23-18/h1-7,10,14,16,24H,8-9,11-13,15H2,(H,25,28). The van der Waals surface area contributed by atoms with E-state index in [9.17, 15) is 9.59 Å². The molecule has 1 aliphatic rings. The number of fused-ring (bicyclic) bond motifs is 1. The lowest BCUT2D eigenvalue weighted by Gasteiger charge is -2.31. The Morgan fingerprint density at radius 2 is 1.89 bits per heavy atom. The summed E-state index contributed by atoms with van der Waals surface area (Å²) in [5.74, 6) is 0.132. The van der Waals surface area contributed by atoms with Crippen molar-refractivity contribution in [2.75, 3.05) is 13.1 Å². The number of H-pyrrole nitrogens is 1. The Balaban J connectivity index is 1.27. The van der Waals surface area contributed by atoms with Crippen LogP contribution >= 0.6 is 0 Å². The van der Waals surface area contributed by atoms with Crippen LogP contribution in [0.25, 0.3) is 10.9 Å². The van der Waals surface area contributed by atoms with Crippen molar-refractivity contribution < 1.29 is 9.59 Å². The van der Waals surface area contributed by atoms with Crippen LogP contribution in [-0.4, -0.2) is 39.8 Å². The SMILES string of the molecule is O=C(NCc1ccccn1)C1CCN(C(=O)Cc2c[nH]c3ccccc23)CC1. The van der Waals surface area contributed by atoms with Crippen molar-refractivity contribution in [2.45, 2.75) is 25.8 Å². The predicted molar refractivity (Wildman–Crippen MR) is 107 cm³/mol. The van der Waals surface area contributed by atoms with Gasteiger partial charge in [0.15, 0.2) is 0 Å². The van der Waals surface area contributed by atoms with Gasteiger partial charge in [-0.15, -0.1) is 0 Å². The number of carbonyl (C=O) groups excluding carboxylic acids is 2. The number of piperidine rings is 1. The number of aromatic nitrogens is 2. The van der Waals surface area contributed by atoms with Gasteiger partial charge in [-0.1, -0.05) is 24.3 Å². The number of nitrogens with zero attached hydrogens (tertiary/aromatic N) is 2. The van der Waals surface area contributed by atoms with E-state index in [2.05, 4.69) is 15.3 Å². The quantitative estimate of drug-likeness (QED) is 0.719. The van der Waals surface area contributed by atoms with E-state index < -0.39 is 0 Å². The summed E-state index contributed by atoms with van der Waals surface area (Å²) >= 11 is 0. The number of rotatable bonds is 5. The van der Waals surface area contributed by atoms with E-state index in [0.717, 1.165) is 22.2 Å². The van der Waals surface area contributed by atoms with Gasteiger partial charge in [0.25, 0.3) is 0 Å². The van der Waals surface area contributed by atoms with Gasteiger partial charge in [-0.2, -0.15) is 0 Å². The van der Waals surface area contributed by atoms with E-state index >= 15 is 0 Å². The molecule has 1 aliphatic heterocycles. The smallest absolute Gasteiger partial charge is 0.227 e. The minimum absolute atomic E-state index is 0.0409. The summed E-state index contributed by atoms with van der Waals surface area (Å²) in [7, 11) is 0. The summed E-state index contributed by atoms with van der Waals surface area (Å²) in [4.78, 5) is 34.4. The lowest BCUT2D eigenvalue weighted by atomic mass is 9.95. The van der Waals surface area contributed by atoms with E-state index in [0.29, 0.717) is 38.9 Å². The number of amides is 2. The second-order valence-electron chi connectivity index (χ2n) is 7.23. The molecule has 2 aromatic heterocycles. The second-order valence-corrected chi connectivity index (χ2v) is 7.23. The van der Waals surface area contributed by atoms with Crippen LogP contribution in [0.5, 0.6) is 0 Å². The molecule has 0 spiro atoms. The summed E-state index contributed by atoms with van der Waals surface area (Å²) in [6.45, 7) is 1.70. The molecule has 0 atom stereocenters. The molecule has 28 heavy (non-hydrogen) atoms. The van der Waals surface area contributed by atoms with Crippen molar-refractivity contribution in [3.8, 4) is 0 Å². The Morgan fingerprint density at radius 1 is 1.11 bits per heavy atom. The molecule has 3 heterocycles. The van der Waals surface area contributed by atoms with Crippen molar-refractivity contribution in [1.29, 1.82) is 0 Å². The maximum atomic E-state index is 12.7.